The second-order valence-electron chi connectivity index (χ2n) is 6.38. The molecule has 0 N–H and O–H groups in total. The zero-order valence-corrected chi connectivity index (χ0v) is 13.0. The van der Waals surface area contributed by atoms with Crippen LogP contribution in [0.4, 0.5) is 0 Å². The number of benzene rings is 1. The molecule has 106 valence electrons. The van der Waals surface area contributed by atoms with Gasteiger partial charge in [0.2, 0.25) is 0 Å². The minimum atomic E-state index is -1.01. The molecule has 1 aromatic carbocycles. The van der Waals surface area contributed by atoms with Gasteiger partial charge < -0.3 is 9.47 Å². The van der Waals surface area contributed by atoms with Gasteiger partial charge in [-0.15, -0.1) is 0 Å². The van der Waals surface area contributed by atoms with Crippen LogP contribution in [0.1, 0.15) is 34.6 Å². The summed E-state index contributed by atoms with van der Waals surface area (Å²) in [5.41, 5.74) is -0.315. The monoisotopic (exact) mass is 282 g/mol. The molecular formula is C15H22O3S. The standard InChI is InChI=1S/C15H22O3S/c1-14(2,3)19(16)12-8-6-11(7-9-12)18-15(4,5)13-10-17-13/h6-9,13H,10H2,1-5H3. The largest absolute Gasteiger partial charge is 0.485 e. The summed E-state index contributed by atoms with van der Waals surface area (Å²) in [6.45, 7) is 10.7. The Morgan fingerprint density at radius 3 is 2.11 bits per heavy atom. The Hall–Kier alpha value is -0.870. The first-order valence-corrected chi connectivity index (χ1v) is 7.68. The summed E-state index contributed by atoms with van der Waals surface area (Å²) in [6, 6.07) is 7.51. The van der Waals surface area contributed by atoms with Crippen molar-refractivity contribution in [2.45, 2.75) is 56.0 Å². The highest BCUT2D eigenvalue weighted by molar-refractivity contribution is 7.86. The lowest BCUT2D eigenvalue weighted by Gasteiger charge is -2.24. The molecule has 1 aromatic rings. The predicted octanol–water partition coefficient (Wildman–Crippen LogP) is 3.15. The molecule has 2 atom stereocenters. The third kappa shape index (κ3) is 3.57. The van der Waals surface area contributed by atoms with Gasteiger partial charge in [0, 0.05) is 9.64 Å². The number of hydrogen-bond donors (Lipinski definition) is 0. The minimum Gasteiger partial charge on any atom is -0.485 e. The van der Waals surface area contributed by atoms with Crippen LogP contribution < -0.4 is 4.74 Å². The zero-order valence-electron chi connectivity index (χ0n) is 12.2. The third-order valence-electron chi connectivity index (χ3n) is 3.08. The van der Waals surface area contributed by atoms with E-state index in [-0.39, 0.29) is 16.5 Å². The molecule has 1 aliphatic rings. The van der Waals surface area contributed by atoms with Crippen molar-refractivity contribution in [3.8, 4) is 5.75 Å². The van der Waals surface area contributed by atoms with Crippen LogP contribution in [0.2, 0.25) is 0 Å². The van der Waals surface area contributed by atoms with Crippen LogP contribution in [-0.2, 0) is 15.5 Å². The Balaban J connectivity index is 2.08. The first-order valence-electron chi connectivity index (χ1n) is 6.53. The summed E-state index contributed by atoms with van der Waals surface area (Å²) in [4.78, 5) is 0.834. The normalized spacial score (nSPS) is 21.0. The van der Waals surface area contributed by atoms with Gasteiger partial charge in [0.05, 0.1) is 17.4 Å². The highest BCUT2D eigenvalue weighted by atomic mass is 32.2. The Labute approximate surface area is 117 Å². The molecule has 19 heavy (non-hydrogen) atoms. The maximum absolute atomic E-state index is 12.2. The maximum Gasteiger partial charge on any atom is 0.132 e. The Bertz CT molecular complexity index is 467. The van der Waals surface area contributed by atoms with Gasteiger partial charge in [-0.1, -0.05) is 0 Å². The van der Waals surface area contributed by atoms with Crippen molar-refractivity contribution in [3.05, 3.63) is 24.3 Å². The zero-order chi connectivity index (χ0) is 14.3. The molecule has 1 heterocycles. The molecular weight excluding hydrogens is 260 g/mol. The van der Waals surface area contributed by atoms with Gasteiger partial charge in [0.15, 0.2) is 0 Å². The smallest absolute Gasteiger partial charge is 0.132 e. The van der Waals surface area contributed by atoms with E-state index in [1.54, 1.807) is 0 Å². The van der Waals surface area contributed by atoms with Crippen molar-refractivity contribution in [2.24, 2.45) is 0 Å². The average Bonchev–Trinajstić information content (AvgIpc) is 3.11. The van der Waals surface area contributed by atoms with E-state index in [4.69, 9.17) is 9.47 Å². The summed E-state index contributed by atoms with van der Waals surface area (Å²) in [7, 11) is -1.01. The molecule has 0 saturated carbocycles. The van der Waals surface area contributed by atoms with Gasteiger partial charge in [0.1, 0.15) is 17.5 Å². The number of rotatable bonds is 4. The second kappa shape index (κ2) is 4.91. The fourth-order valence-electron chi connectivity index (χ4n) is 1.80. The summed E-state index contributed by atoms with van der Waals surface area (Å²) >= 11 is 0. The molecule has 2 rings (SSSR count). The first kappa shape index (κ1) is 14.5. The van der Waals surface area contributed by atoms with Crippen molar-refractivity contribution >= 4 is 10.8 Å². The van der Waals surface area contributed by atoms with Crippen molar-refractivity contribution in [1.29, 1.82) is 0 Å². The maximum atomic E-state index is 12.2. The van der Waals surface area contributed by atoms with Crippen LogP contribution in [0.3, 0.4) is 0 Å². The number of ether oxygens (including phenoxy) is 2. The molecule has 0 radical (unpaired) electrons. The van der Waals surface area contributed by atoms with Crippen molar-refractivity contribution in [3.63, 3.8) is 0 Å². The second-order valence-corrected chi connectivity index (χ2v) is 8.61. The van der Waals surface area contributed by atoms with E-state index in [1.807, 2.05) is 58.9 Å². The van der Waals surface area contributed by atoms with E-state index < -0.39 is 10.8 Å². The average molecular weight is 282 g/mol. The molecule has 2 unspecified atom stereocenters. The SMILES string of the molecule is CC(C)(Oc1ccc(S(=O)C(C)(C)C)cc1)C1CO1. The Kier molecular flexibility index (Phi) is 3.76. The van der Waals surface area contributed by atoms with E-state index >= 15 is 0 Å². The third-order valence-corrected chi connectivity index (χ3v) is 4.90. The van der Waals surface area contributed by atoms with E-state index in [0.717, 1.165) is 17.3 Å². The molecule has 4 heteroatoms. The van der Waals surface area contributed by atoms with Gasteiger partial charge in [-0.05, 0) is 58.9 Å². The van der Waals surface area contributed by atoms with Crippen LogP contribution in [0, 0.1) is 0 Å². The van der Waals surface area contributed by atoms with E-state index in [0.29, 0.717) is 0 Å². The topological polar surface area (TPSA) is 38.8 Å². The molecule has 0 aliphatic carbocycles. The minimum absolute atomic E-state index is 0.177. The quantitative estimate of drug-likeness (QED) is 0.796. The molecule has 1 saturated heterocycles. The Morgan fingerprint density at radius 2 is 1.68 bits per heavy atom. The lowest BCUT2D eigenvalue weighted by Crippen LogP contribution is -2.34. The summed E-state index contributed by atoms with van der Waals surface area (Å²) < 4.78 is 23.2. The van der Waals surface area contributed by atoms with Gasteiger partial charge in [0.25, 0.3) is 0 Å². The lowest BCUT2D eigenvalue weighted by atomic mass is 10.1. The highest BCUT2D eigenvalue weighted by Gasteiger charge is 2.41. The van der Waals surface area contributed by atoms with Gasteiger partial charge >= 0.3 is 0 Å². The van der Waals surface area contributed by atoms with Crippen molar-refractivity contribution in [1.82, 2.24) is 0 Å². The Morgan fingerprint density at radius 1 is 1.16 bits per heavy atom. The van der Waals surface area contributed by atoms with Crippen LogP contribution >= 0.6 is 0 Å². The fourth-order valence-corrected chi connectivity index (χ4v) is 2.89. The van der Waals surface area contributed by atoms with Crippen LogP contribution in [0.15, 0.2) is 29.2 Å². The molecule has 1 aliphatic heterocycles. The van der Waals surface area contributed by atoms with E-state index in [2.05, 4.69) is 0 Å². The highest BCUT2D eigenvalue weighted by Crippen LogP contribution is 2.30. The van der Waals surface area contributed by atoms with Crippen molar-refractivity contribution < 1.29 is 13.7 Å². The molecule has 0 bridgehead atoms. The van der Waals surface area contributed by atoms with E-state index in [1.165, 1.54) is 0 Å². The summed E-state index contributed by atoms with van der Waals surface area (Å²) in [5, 5.41) is 0. The first-order chi connectivity index (χ1) is 8.70. The predicted molar refractivity (Wildman–Crippen MR) is 77.1 cm³/mol. The van der Waals surface area contributed by atoms with E-state index in [9.17, 15) is 4.21 Å². The van der Waals surface area contributed by atoms with Crippen LogP contribution in [0.25, 0.3) is 0 Å². The summed E-state index contributed by atoms with van der Waals surface area (Å²) in [5.74, 6) is 0.787. The molecule has 0 aromatic heterocycles. The number of epoxide rings is 1. The van der Waals surface area contributed by atoms with Crippen LogP contribution in [0.5, 0.6) is 5.75 Å². The molecule has 1 fully saturated rings. The van der Waals surface area contributed by atoms with Crippen LogP contribution in [-0.4, -0.2) is 27.3 Å². The van der Waals surface area contributed by atoms with Gasteiger partial charge in [-0.3, -0.25) is 4.21 Å². The number of hydrogen-bond acceptors (Lipinski definition) is 3. The molecule has 0 amide bonds. The van der Waals surface area contributed by atoms with Crippen molar-refractivity contribution in [2.75, 3.05) is 6.61 Å². The van der Waals surface area contributed by atoms with Gasteiger partial charge in [-0.2, -0.15) is 0 Å². The van der Waals surface area contributed by atoms with Gasteiger partial charge in [-0.25, -0.2) is 0 Å². The summed E-state index contributed by atoms with van der Waals surface area (Å²) in [6.07, 6.45) is 0.177. The fraction of sp³-hybridized carbons (Fsp3) is 0.600. The molecule has 3 nitrogen and oxygen atoms in total. The molecule has 0 spiro atoms. The lowest BCUT2D eigenvalue weighted by molar-refractivity contribution is 0.0743.